The average Bonchev–Trinajstić information content (AvgIpc) is 2.86. The second-order valence-electron chi connectivity index (χ2n) is 4.65. The molecule has 0 bridgehead atoms. The van der Waals surface area contributed by atoms with E-state index in [2.05, 4.69) is 5.32 Å². The molecule has 1 heterocycles. The SMILES string of the molecule is COC(=O)c1sc(NC(=O)CCc2ccccc2)cc1C. The van der Waals surface area contributed by atoms with E-state index in [9.17, 15) is 9.59 Å². The molecular formula is C16H17NO3S. The first kappa shape index (κ1) is 15.3. The Hall–Kier alpha value is -2.14. The first-order chi connectivity index (χ1) is 10.1. The highest BCUT2D eigenvalue weighted by molar-refractivity contribution is 7.18. The molecule has 4 nitrogen and oxygen atoms in total. The summed E-state index contributed by atoms with van der Waals surface area (Å²) >= 11 is 1.24. The lowest BCUT2D eigenvalue weighted by Gasteiger charge is -2.02. The molecular weight excluding hydrogens is 286 g/mol. The van der Waals surface area contributed by atoms with E-state index in [-0.39, 0.29) is 11.9 Å². The van der Waals surface area contributed by atoms with Crippen molar-refractivity contribution in [2.45, 2.75) is 19.8 Å². The van der Waals surface area contributed by atoms with Gasteiger partial charge in [0.2, 0.25) is 5.91 Å². The van der Waals surface area contributed by atoms with Gasteiger partial charge in [0.25, 0.3) is 0 Å². The fraction of sp³-hybridized carbons (Fsp3) is 0.250. The Morgan fingerprint density at radius 2 is 1.95 bits per heavy atom. The van der Waals surface area contributed by atoms with Gasteiger partial charge >= 0.3 is 5.97 Å². The fourth-order valence-electron chi connectivity index (χ4n) is 1.94. The lowest BCUT2D eigenvalue weighted by atomic mass is 10.1. The van der Waals surface area contributed by atoms with E-state index >= 15 is 0 Å². The number of aryl methyl sites for hydroxylation is 2. The number of hydrogen-bond acceptors (Lipinski definition) is 4. The molecule has 110 valence electrons. The maximum absolute atomic E-state index is 11.9. The van der Waals surface area contributed by atoms with Gasteiger partial charge in [-0.2, -0.15) is 0 Å². The molecule has 1 aromatic heterocycles. The second-order valence-corrected chi connectivity index (χ2v) is 5.70. The van der Waals surface area contributed by atoms with Crippen molar-refractivity contribution in [3.8, 4) is 0 Å². The number of esters is 1. The van der Waals surface area contributed by atoms with Gasteiger partial charge in [-0.05, 0) is 30.5 Å². The van der Waals surface area contributed by atoms with Crippen molar-refractivity contribution >= 4 is 28.2 Å². The number of ether oxygens (including phenoxy) is 1. The predicted molar refractivity (Wildman–Crippen MR) is 83.8 cm³/mol. The van der Waals surface area contributed by atoms with Crippen molar-refractivity contribution < 1.29 is 14.3 Å². The molecule has 1 aromatic carbocycles. The molecule has 5 heteroatoms. The highest BCUT2D eigenvalue weighted by Gasteiger charge is 2.15. The number of benzene rings is 1. The summed E-state index contributed by atoms with van der Waals surface area (Å²) < 4.78 is 4.70. The topological polar surface area (TPSA) is 55.4 Å². The van der Waals surface area contributed by atoms with Gasteiger partial charge in [-0.15, -0.1) is 11.3 Å². The molecule has 0 saturated heterocycles. The van der Waals surface area contributed by atoms with Crippen LogP contribution in [-0.4, -0.2) is 19.0 Å². The summed E-state index contributed by atoms with van der Waals surface area (Å²) in [5, 5.41) is 3.50. The molecule has 2 rings (SSSR count). The van der Waals surface area contributed by atoms with Gasteiger partial charge in [0.05, 0.1) is 12.1 Å². The van der Waals surface area contributed by atoms with Crippen LogP contribution in [0.25, 0.3) is 0 Å². The van der Waals surface area contributed by atoms with Crippen LogP contribution in [0.2, 0.25) is 0 Å². The van der Waals surface area contributed by atoms with Crippen LogP contribution >= 0.6 is 11.3 Å². The largest absolute Gasteiger partial charge is 0.465 e. The number of amides is 1. The van der Waals surface area contributed by atoms with E-state index in [1.807, 2.05) is 37.3 Å². The summed E-state index contributed by atoms with van der Waals surface area (Å²) in [5.41, 5.74) is 1.94. The Bertz CT molecular complexity index is 634. The van der Waals surface area contributed by atoms with Crippen molar-refractivity contribution in [3.63, 3.8) is 0 Å². The van der Waals surface area contributed by atoms with E-state index in [4.69, 9.17) is 4.74 Å². The highest BCUT2D eigenvalue weighted by atomic mass is 32.1. The van der Waals surface area contributed by atoms with E-state index < -0.39 is 0 Å². The highest BCUT2D eigenvalue weighted by Crippen LogP contribution is 2.27. The molecule has 2 aromatic rings. The Kier molecular flexibility index (Phi) is 5.11. The zero-order chi connectivity index (χ0) is 15.2. The zero-order valence-electron chi connectivity index (χ0n) is 12.0. The molecule has 0 saturated carbocycles. The van der Waals surface area contributed by atoms with Crippen LogP contribution in [0.4, 0.5) is 5.00 Å². The quantitative estimate of drug-likeness (QED) is 0.861. The molecule has 0 spiro atoms. The molecule has 0 radical (unpaired) electrons. The third-order valence-electron chi connectivity index (χ3n) is 3.03. The predicted octanol–water partition coefficient (Wildman–Crippen LogP) is 3.41. The fourth-order valence-corrected chi connectivity index (χ4v) is 2.95. The van der Waals surface area contributed by atoms with Crippen LogP contribution in [0.15, 0.2) is 36.4 Å². The van der Waals surface area contributed by atoms with Crippen molar-refractivity contribution in [2.24, 2.45) is 0 Å². The smallest absolute Gasteiger partial charge is 0.348 e. The Morgan fingerprint density at radius 3 is 2.62 bits per heavy atom. The van der Waals surface area contributed by atoms with Crippen LogP contribution in [-0.2, 0) is 16.0 Å². The molecule has 0 fully saturated rings. The van der Waals surface area contributed by atoms with Crippen molar-refractivity contribution in [2.75, 3.05) is 12.4 Å². The molecule has 1 amide bonds. The van der Waals surface area contributed by atoms with Gasteiger partial charge in [0.1, 0.15) is 4.88 Å². The van der Waals surface area contributed by atoms with Crippen LogP contribution in [0.3, 0.4) is 0 Å². The third-order valence-corrected chi connectivity index (χ3v) is 4.17. The Labute approximate surface area is 127 Å². The standard InChI is InChI=1S/C16H17NO3S/c1-11-10-14(21-15(11)16(19)20-2)17-13(18)9-8-12-6-4-3-5-7-12/h3-7,10H,8-9H2,1-2H3,(H,17,18). The normalized spacial score (nSPS) is 10.2. The van der Waals surface area contributed by atoms with Crippen molar-refractivity contribution in [1.82, 2.24) is 0 Å². The Morgan fingerprint density at radius 1 is 1.24 bits per heavy atom. The Balaban J connectivity index is 1.92. The molecule has 0 aliphatic heterocycles. The minimum atomic E-state index is -0.373. The summed E-state index contributed by atoms with van der Waals surface area (Å²) in [6.45, 7) is 1.82. The van der Waals surface area contributed by atoms with E-state index in [1.54, 1.807) is 6.07 Å². The number of anilines is 1. The van der Waals surface area contributed by atoms with Gasteiger partial charge in [0.15, 0.2) is 0 Å². The average molecular weight is 303 g/mol. The third kappa shape index (κ3) is 4.16. The number of carbonyl (C=O) groups excluding carboxylic acids is 2. The molecule has 1 N–H and O–H groups in total. The summed E-state index contributed by atoms with van der Waals surface area (Å²) in [7, 11) is 1.35. The summed E-state index contributed by atoms with van der Waals surface area (Å²) in [5.74, 6) is -0.432. The zero-order valence-corrected chi connectivity index (χ0v) is 12.8. The van der Waals surface area contributed by atoms with Crippen molar-refractivity contribution in [3.05, 3.63) is 52.4 Å². The molecule has 0 aliphatic carbocycles. The first-order valence-corrected chi connectivity index (χ1v) is 7.44. The van der Waals surface area contributed by atoms with E-state index in [1.165, 1.54) is 18.4 Å². The number of carbonyl (C=O) groups is 2. The van der Waals surface area contributed by atoms with Gasteiger partial charge < -0.3 is 10.1 Å². The maximum Gasteiger partial charge on any atom is 0.348 e. The van der Waals surface area contributed by atoms with E-state index in [0.29, 0.717) is 22.7 Å². The van der Waals surface area contributed by atoms with Crippen LogP contribution in [0.5, 0.6) is 0 Å². The lowest BCUT2D eigenvalue weighted by Crippen LogP contribution is -2.11. The minimum absolute atomic E-state index is 0.0588. The number of hydrogen-bond donors (Lipinski definition) is 1. The van der Waals surface area contributed by atoms with Gasteiger partial charge in [-0.1, -0.05) is 30.3 Å². The summed E-state index contributed by atoms with van der Waals surface area (Å²) in [6.07, 6.45) is 1.11. The lowest BCUT2D eigenvalue weighted by molar-refractivity contribution is -0.116. The van der Waals surface area contributed by atoms with E-state index in [0.717, 1.165) is 11.1 Å². The number of rotatable bonds is 5. The summed E-state index contributed by atoms with van der Waals surface area (Å²) in [6, 6.07) is 11.6. The number of thiophene rings is 1. The van der Waals surface area contributed by atoms with Gasteiger partial charge in [-0.25, -0.2) is 4.79 Å². The minimum Gasteiger partial charge on any atom is -0.465 e. The molecule has 0 atom stereocenters. The monoisotopic (exact) mass is 303 g/mol. The molecule has 0 aliphatic rings. The molecule has 21 heavy (non-hydrogen) atoms. The molecule has 0 unspecified atom stereocenters. The summed E-state index contributed by atoms with van der Waals surface area (Å²) in [4.78, 5) is 24.0. The maximum atomic E-state index is 11.9. The van der Waals surface area contributed by atoms with Crippen molar-refractivity contribution in [1.29, 1.82) is 0 Å². The van der Waals surface area contributed by atoms with Crippen LogP contribution in [0.1, 0.15) is 27.2 Å². The first-order valence-electron chi connectivity index (χ1n) is 6.62. The second kappa shape index (κ2) is 7.04. The van der Waals surface area contributed by atoms with Gasteiger partial charge in [0, 0.05) is 6.42 Å². The van der Waals surface area contributed by atoms with Gasteiger partial charge in [-0.3, -0.25) is 4.79 Å². The number of nitrogens with one attached hydrogen (secondary N) is 1. The number of methoxy groups -OCH3 is 1. The van der Waals surface area contributed by atoms with Crippen LogP contribution < -0.4 is 5.32 Å². The van der Waals surface area contributed by atoms with Crippen LogP contribution in [0, 0.1) is 6.92 Å².